The van der Waals surface area contributed by atoms with Crippen molar-refractivity contribution in [3.8, 4) is 28.1 Å². The van der Waals surface area contributed by atoms with Gasteiger partial charge in [-0.25, -0.2) is 4.98 Å². The van der Waals surface area contributed by atoms with Gasteiger partial charge in [0, 0.05) is 28.8 Å². The number of pyridine rings is 1. The van der Waals surface area contributed by atoms with Crippen LogP contribution in [0.2, 0.25) is 0 Å². The lowest BCUT2D eigenvalue weighted by Gasteiger charge is -2.10. The van der Waals surface area contributed by atoms with Crippen LogP contribution in [0.15, 0.2) is 78.9 Å². The predicted molar refractivity (Wildman–Crippen MR) is 147 cm³/mol. The van der Waals surface area contributed by atoms with Gasteiger partial charge in [-0.3, -0.25) is 14.9 Å². The lowest BCUT2D eigenvalue weighted by atomic mass is 9.99. The highest BCUT2D eigenvalue weighted by Crippen LogP contribution is 2.42. The molecule has 1 amide bonds. The van der Waals surface area contributed by atoms with E-state index >= 15 is 0 Å². The number of ether oxygens (including phenoxy) is 1. The van der Waals surface area contributed by atoms with Crippen LogP contribution >= 0.6 is 11.3 Å². The van der Waals surface area contributed by atoms with Crippen molar-refractivity contribution >= 4 is 44.5 Å². The summed E-state index contributed by atoms with van der Waals surface area (Å²) in [5, 5.41) is 14.5. The number of nitro groups is 1. The number of carbonyl (C=O) groups is 1. The molecule has 0 aliphatic heterocycles. The number of fused-ring (bicyclic) bond motifs is 1. The number of aryl methyl sites for hydroxylation is 1. The fraction of sp³-hybridized carbons (Fsp3) is 0.0714. The Morgan fingerprint density at radius 2 is 1.73 bits per heavy atom. The molecule has 0 bridgehead atoms. The topological polar surface area (TPSA) is 120 Å². The number of carbonyl (C=O) groups excluding carboxylic acids is 1. The van der Waals surface area contributed by atoms with Crippen LogP contribution in [0.1, 0.15) is 15.2 Å². The maximum Gasteiger partial charge on any atom is 0.271 e. The molecule has 37 heavy (non-hydrogen) atoms. The van der Waals surface area contributed by atoms with Crippen molar-refractivity contribution in [1.82, 2.24) is 4.98 Å². The first kappa shape index (κ1) is 24.0. The molecule has 2 aromatic heterocycles. The van der Waals surface area contributed by atoms with E-state index in [1.165, 1.54) is 29.5 Å². The number of nitrogen functional groups attached to an aromatic ring is 1. The molecule has 0 spiro atoms. The lowest BCUT2D eigenvalue weighted by molar-refractivity contribution is -0.384. The third-order valence-electron chi connectivity index (χ3n) is 5.97. The van der Waals surface area contributed by atoms with Crippen LogP contribution < -0.4 is 15.8 Å². The third kappa shape index (κ3) is 4.72. The van der Waals surface area contributed by atoms with Gasteiger partial charge in [0.1, 0.15) is 15.5 Å². The van der Waals surface area contributed by atoms with Gasteiger partial charge in [0.25, 0.3) is 11.6 Å². The zero-order valence-electron chi connectivity index (χ0n) is 20.0. The average Bonchev–Trinajstić information content (AvgIpc) is 3.25. The Hall–Kier alpha value is -4.76. The largest absolute Gasteiger partial charge is 0.497 e. The van der Waals surface area contributed by atoms with Crippen LogP contribution in [-0.4, -0.2) is 22.9 Å². The molecule has 0 atom stereocenters. The third-order valence-corrected chi connectivity index (χ3v) is 7.07. The normalized spacial score (nSPS) is 10.9. The molecule has 0 aliphatic rings. The molecule has 0 unspecified atom stereocenters. The molecule has 5 rings (SSSR count). The highest BCUT2D eigenvalue weighted by atomic mass is 32.1. The van der Waals surface area contributed by atoms with Crippen LogP contribution in [0.25, 0.3) is 32.6 Å². The first-order chi connectivity index (χ1) is 17.8. The molecule has 2 heterocycles. The molecular formula is C28H22N4O4S. The number of methoxy groups -OCH3 is 1. The van der Waals surface area contributed by atoms with Gasteiger partial charge in [0.15, 0.2) is 0 Å². The van der Waals surface area contributed by atoms with E-state index in [9.17, 15) is 14.9 Å². The Morgan fingerprint density at radius 3 is 2.41 bits per heavy atom. The van der Waals surface area contributed by atoms with Crippen LogP contribution in [0.5, 0.6) is 5.75 Å². The molecule has 0 aliphatic carbocycles. The monoisotopic (exact) mass is 510 g/mol. The van der Waals surface area contributed by atoms with E-state index in [1.807, 2.05) is 61.5 Å². The van der Waals surface area contributed by atoms with Crippen molar-refractivity contribution in [3.63, 3.8) is 0 Å². The number of hydrogen-bond acceptors (Lipinski definition) is 7. The van der Waals surface area contributed by atoms with Gasteiger partial charge in [-0.15, -0.1) is 11.3 Å². The van der Waals surface area contributed by atoms with E-state index in [0.717, 1.165) is 33.7 Å². The van der Waals surface area contributed by atoms with Crippen LogP contribution in [0, 0.1) is 17.0 Å². The van der Waals surface area contributed by atoms with Crippen molar-refractivity contribution < 1.29 is 14.5 Å². The summed E-state index contributed by atoms with van der Waals surface area (Å²) in [6.45, 7) is 2.02. The van der Waals surface area contributed by atoms with Gasteiger partial charge in [0.05, 0.1) is 23.4 Å². The van der Waals surface area contributed by atoms with Gasteiger partial charge < -0.3 is 15.8 Å². The van der Waals surface area contributed by atoms with E-state index in [1.54, 1.807) is 13.2 Å². The fourth-order valence-corrected chi connectivity index (χ4v) is 5.06. The first-order valence-electron chi connectivity index (χ1n) is 11.3. The SMILES string of the molecule is COc1ccc(-c2cc(-c3ccc(C)cc3)nc3sc(C(=O)Nc4cccc([N+](=O)[O-])c4)c(N)c23)cc1. The van der Waals surface area contributed by atoms with Gasteiger partial charge in [0.2, 0.25) is 0 Å². The minimum atomic E-state index is -0.513. The second-order valence-corrected chi connectivity index (χ2v) is 9.44. The van der Waals surface area contributed by atoms with Crippen molar-refractivity contribution in [2.45, 2.75) is 6.92 Å². The molecule has 0 fully saturated rings. The summed E-state index contributed by atoms with van der Waals surface area (Å²) in [7, 11) is 1.61. The van der Waals surface area contributed by atoms with E-state index in [-0.39, 0.29) is 10.6 Å². The average molecular weight is 511 g/mol. The fourth-order valence-electron chi connectivity index (χ4n) is 4.05. The molecule has 0 radical (unpaired) electrons. The second kappa shape index (κ2) is 9.71. The summed E-state index contributed by atoms with van der Waals surface area (Å²) in [6, 6.07) is 23.4. The Morgan fingerprint density at radius 1 is 1.03 bits per heavy atom. The molecule has 9 heteroatoms. The summed E-state index contributed by atoms with van der Waals surface area (Å²) in [4.78, 5) is 29.6. The molecule has 5 aromatic rings. The molecule has 184 valence electrons. The maximum atomic E-state index is 13.2. The number of benzene rings is 3. The number of aromatic nitrogens is 1. The number of non-ortho nitro benzene ring substituents is 1. The number of rotatable bonds is 6. The van der Waals surface area contributed by atoms with Gasteiger partial charge in [-0.2, -0.15) is 0 Å². The highest BCUT2D eigenvalue weighted by Gasteiger charge is 2.22. The number of amides is 1. The Labute approximate surface area is 216 Å². The zero-order chi connectivity index (χ0) is 26.1. The minimum Gasteiger partial charge on any atom is -0.497 e. The minimum absolute atomic E-state index is 0.117. The molecule has 8 nitrogen and oxygen atoms in total. The predicted octanol–water partition coefficient (Wildman–Crippen LogP) is 6.69. The number of nitrogens with zero attached hydrogens (tertiary/aromatic N) is 2. The summed E-state index contributed by atoms with van der Waals surface area (Å²) < 4.78 is 5.31. The van der Waals surface area contributed by atoms with Crippen molar-refractivity contribution in [2.75, 3.05) is 18.2 Å². The standard InChI is InChI=1S/C28H22N4O4S/c1-16-6-8-18(9-7-16)23-15-22(17-10-12-21(36-2)13-11-17)24-25(29)26(37-28(24)31-23)27(33)30-19-4-3-5-20(14-19)32(34)35/h3-15H,29H2,1-2H3,(H,30,33). The van der Waals surface area contributed by atoms with Crippen molar-refractivity contribution in [2.24, 2.45) is 0 Å². The number of nitrogens with one attached hydrogen (secondary N) is 1. The Balaban J connectivity index is 1.64. The van der Waals surface area contributed by atoms with Crippen molar-refractivity contribution in [3.05, 3.63) is 99.4 Å². The maximum absolute atomic E-state index is 13.2. The highest BCUT2D eigenvalue weighted by molar-refractivity contribution is 7.21. The van der Waals surface area contributed by atoms with Crippen LogP contribution in [0.3, 0.4) is 0 Å². The molecular weight excluding hydrogens is 488 g/mol. The number of nitro benzene ring substituents is 1. The molecule has 3 N–H and O–H groups in total. The molecule has 3 aromatic carbocycles. The van der Waals surface area contributed by atoms with Crippen molar-refractivity contribution in [1.29, 1.82) is 0 Å². The van der Waals surface area contributed by atoms with Gasteiger partial charge >= 0.3 is 0 Å². The van der Waals surface area contributed by atoms with Gasteiger partial charge in [-0.1, -0.05) is 48.0 Å². The van der Waals surface area contributed by atoms with E-state index in [2.05, 4.69) is 5.32 Å². The Kier molecular flexibility index (Phi) is 6.29. The molecule has 0 saturated heterocycles. The summed E-state index contributed by atoms with van der Waals surface area (Å²) in [6.07, 6.45) is 0. The Bertz CT molecular complexity index is 1640. The van der Waals surface area contributed by atoms with E-state index in [4.69, 9.17) is 15.5 Å². The number of nitrogens with two attached hydrogens (primary N) is 1. The second-order valence-electron chi connectivity index (χ2n) is 8.44. The smallest absolute Gasteiger partial charge is 0.271 e. The van der Waals surface area contributed by atoms with Gasteiger partial charge in [-0.05, 0) is 42.3 Å². The van der Waals surface area contributed by atoms with E-state index in [0.29, 0.717) is 21.6 Å². The quantitative estimate of drug-likeness (QED) is 0.194. The summed E-state index contributed by atoms with van der Waals surface area (Å²) in [5.74, 6) is 0.265. The number of hydrogen-bond donors (Lipinski definition) is 2. The summed E-state index contributed by atoms with van der Waals surface area (Å²) >= 11 is 1.18. The molecule has 0 saturated carbocycles. The zero-order valence-corrected chi connectivity index (χ0v) is 20.8. The van der Waals surface area contributed by atoms with Crippen LogP contribution in [0.4, 0.5) is 17.1 Å². The number of thiophene rings is 1. The first-order valence-corrected chi connectivity index (χ1v) is 12.2. The lowest BCUT2D eigenvalue weighted by Crippen LogP contribution is -2.12. The van der Waals surface area contributed by atoms with E-state index < -0.39 is 10.8 Å². The van der Waals surface area contributed by atoms with Crippen LogP contribution in [-0.2, 0) is 0 Å². The summed E-state index contributed by atoms with van der Waals surface area (Å²) in [5.41, 5.74) is 11.6. The number of anilines is 2.